The Morgan fingerprint density at radius 3 is 1.00 bits per heavy atom. The van der Waals surface area contributed by atoms with Gasteiger partial charge in [-0.05, 0) is 0 Å². The summed E-state index contributed by atoms with van der Waals surface area (Å²) in [5.74, 6) is 0. The van der Waals surface area contributed by atoms with Crippen LogP contribution in [-0.4, -0.2) is 74.2 Å². The molecule has 4 heteroatoms. The van der Waals surface area contributed by atoms with Crippen molar-refractivity contribution in [3.8, 4) is 0 Å². The first-order chi connectivity index (χ1) is 0. The summed E-state index contributed by atoms with van der Waals surface area (Å²) >= 11 is 0. The first kappa shape index (κ1) is 34.7. The molecule has 0 rings (SSSR count). The average Bonchev–Trinajstić information content (AvgIpc) is 0. The Labute approximate surface area is 73.3 Å². The summed E-state index contributed by atoms with van der Waals surface area (Å²) in [6.45, 7) is 0. The molecule has 0 aliphatic heterocycles. The van der Waals surface area contributed by atoms with Crippen molar-refractivity contribution in [2.45, 2.75) is 0 Å². The topological polar surface area (TPSA) is 0 Å². The van der Waals surface area contributed by atoms with Crippen molar-refractivity contribution >= 4 is 74.2 Å². The summed E-state index contributed by atoms with van der Waals surface area (Å²) in [5.41, 5.74) is 0. The van der Waals surface area contributed by atoms with Crippen molar-refractivity contribution in [1.82, 2.24) is 0 Å². The Morgan fingerprint density at radius 1 is 1.00 bits per heavy atom. The Morgan fingerprint density at radius 2 is 1.00 bits per heavy atom. The van der Waals surface area contributed by atoms with Gasteiger partial charge in [0.05, 0.1) is 8.41 Å². The summed E-state index contributed by atoms with van der Waals surface area (Å²) < 4.78 is 0. The van der Waals surface area contributed by atoms with E-state index in [9.17, 15) is 0 Å². The van der Waals surface area contributed by atoms with Crippen LogP contribution < -0.4 is 0 Å². The van der Waals surface area contributed by atoms with Crippen molar-refractivity contribution in [1.29, 1.82) is 0 Å². The summed E-state index contributed by atoms with van der Waals surface area (Å²) in [6.07, 6.45) is 0. The van der Waals surface area contributed by atoms with Gasteiger partial charge < -0.3 is 0 Å². The van der Waals surface area contributed by atoms with Crippen LogP contribution in [-0.2, 0) is 0 Å². The second kappa shape index (κ2) is 19.0. The van der Waals surface area contributed by atoms with E-state index < -0.39 is 0 Å². The molecule has 4 heavy (non-hydrogen) atoms. The van der Waals surface area contributed by atoms with Gasteiger partial charge in [-0.25, -0.2) is 0 Å². The van der Waals surface area contributed by atoms with E-state index in [0.717, 1.165) is 0 Å². The van der Waals surface area contributed by atoms with Crippen LogP contribution in [0.1, 0.15) is 0 Å². The fourth-order valence-corrected chi connectivity index (χ4v) is 0. The van der Waals surface area contributed by atoms with Gasteiger partial charge >= 0.3 is 48.4 Å². The quantitative estimate of drug-likeness (QED) is 0.261. The average molecular weight is 75.8 g/mol. The van der Waals surface area contributed by atoms with E-state index in [-0.39, 0.29) is 74.2 Å². The summed E-state index contributed by atoms with van der Waals surface area (Å²) in [5, 5.41) is 0. The third-order valence-electron chi connectivity index (χ3n) is 0. The predicted octanol–water partition coefficient (Wildman–Crippen LogP) is -3.66. The van der Waals surface area contributed by atoms with Crippen molar-refractivity contribution in [2.24, 2.45) is 0 Å². The minimum absolute atomic E-state index is 0. The van der Waals surface area contributed by atoms with Crippen LogP contribution in [0.25, 0.3) is 0 Å². The number of rotatable bonds is 0. The molecule has 0 aromatic carbocycles. The maximum atomic E-state index is 0. The van der Waals surface area contributed by atoms with E-state index in [4.69, 9.17) is 0 Å². The Balaban J connectivity index is 0. The summed E-state index contributed by atoms with van der Waals surface area (Å²) in [6, 6.07) is 0. The Hall–Kier alpha value is 2.19. The molecule has 0 nitrogen and oxygen atoms in total. The zero-order valence-corrected chi connectivity index (χ0v) is 0. The molecule has 0 bridgehead atoms. The third-order valence-corrected chi connectivity index (χ3v) is 0. The van der Waals surface area contributed by atoms with Gasteiger partial charge in [0.2, 0.25) is 0 Å². The minimum atomic E-state index is 0. The zero-order chi connectivity index (χ0) is 0. The maximum absolute atomic E-state index is 0. The van der Waals surface area contributed by atoms with Crippen molar-refractivity contribution in [3.05, 3.63) is 0 Å². The van der Waals surface area contributed by atoms with Crippen molar-refractivity contribution < 1.29 is 0 Å². The van der Waals surface area contributed by atoms with Crippen LogP contribution in [0.3, 0.4) is 0 Å². The normalized spacial score (nSPS) is 0. The Kier molecular flexibility index (Phi) is 165. The Bertz CT molecular complexity index is 8.00. The number of hydrogen-bond donors (Lipinski definition) is 0. The second-order valence-corrected chi connectivity index (χ2v) is 0. The molecule has 0 unspecified atom stereocenters. The van der Waals surface area contributed by atoms with E-state index in [1.54, 1.807) is 0 Å². The van der Waals surface area contributed by atoms with Crippen LogP contribution in [0.5, 0.6) is 0 Å². The summed E-state index contributed by atoms with van der Waals surface area (Å²) in [4.78, 5) is 0. The van der Waals surface area contributed by atoms with E-state index in [0.29, 0.717) is 0 Å². The molecule has 0 spiro atoms. The SMILES string of the molecule is B.[AlH3].[LiH].[NaH]. The van der Waals surface area contributed by atoms with Gasteiger partial charge in [0.15, 0.2) is 17.4 Å². The fraction of sp³-hybridized carbons (Fsp3) is 0. The van der Waals surface area contributed by atoms with Crippen molar-refractivity contribution in [2.75, 3.05) is 0 Å². The molecule has 0 saturated heterocycles. The van der Waals surface area contributed by atoms with Crippen LogP contribution >= 0.6 is 0 Å². The molecule has 0 fully saturated rings. The van der Waals surface area contributed by atoms with E-state index in [1.165, 1.54) is 0 Å². The fourth-order valence-electron chi connectivity index (χ4n) is 0. The summed E-state index contributed by atoms with van der Waals surface area (Å²) in [7, 11) is 0. The molecule has 0 aromatic heterocycles. The molecule has 0 aliphatic carbocycles. The van der Waals surface area contributed by atoms with Gasteiger partial charge in [0.25, 0.3) is 0 Å². The molecule has 0 amide bonds. The van der Waals surface area contributed by atoms with Gasteiger partial charge in [-0.2, -0.15) is 0 Å². The van der Waals surface area contributed by atoms with E-state index in [1.807, 2.05) is 0 Å². The van der Waals surface area contributed by atoms with Crippen LogP contribution in [0.4, 0.5) is 0 Å². The third kappa shape index (κ3) is 8.89. The molecule has 0 saturated carbocycles. The molecule has 0 N–H and O–H groups in total. The van der Waals surface area contributed by atoms with Gasteiger partial charge in [-0.1, -0.05) is 0 Å². The van der Waals surface area contributed by atoms with Crippen LogP contribution in [0.15, 0.2) is 0 Å². The molecule has 0 atom stereocenters. The van der Waals surface area contributed by atoms with Crippen LogP contribution in [0, 0.1) is 0 Å². The number of hydrogen-bond acceptors (Lipinski definition) is 0. The van der Waals surface area contributed by atoms with Gasteiger partial charge in [-0.15, -0.1) is 0 Å². The molecule has 0 heterocycles. The second-order valence-electron chi connectivity index (χ2n) is 0. The monoisotopic (exact) mass is 76.1 g/mol. The first-order valence-corrected chi connectivity index (χ1v) is 0. The van der Waals surface area contributed by atoms with Gasteiger partial charge in [-0.3, -0.25) is 0 Å². The van der Waals surface area contributed by atoms with Crippen molar-refractivity contribution in [3.63, 3.8) is 0 Å². The molecular formula is H8AlBLiNa. The first-order valence-electron chi connectivity index (χ1n) is 0. The van der Waals surface area contributed by atoms with Crippen LogP contribution in [0.2, 0.25) is 0 Å². The van der Waals surface area contributed by atoms with Gasteiger partial charge in [0, 0.05) is 0 Å². The standard InChI is InChI=1S/Al.BH3.Li.Na.5H/h;1H3;;;;;;;. The molecule has 16 valence electrons. The molecule has 0 radical (unpaired) electrons. The van der Waals surface area contributed by atoms with E-state index in [2.05, 4.69) is 0 Å². The molecule has 0 aromatic rings. The predicted molar refractivity (Wildman–Crippen MR) is 34.2 cm³/mol. The molecular weight excluding hydrogens is 67.7 g/mol. The molecule has 0 aliphatic rings. The van der Waals surface area contributed by atoms with E-state index >= 15 is 0 Å². The zero-order valence-electron chi connectivity index (χ0n) is 0. The van der Waals surface area contributed by atoms with Gasteiger partial charge in [0.1, 0.15) is 0 Å².